The van der Waals surface area contributed by atoms with Crippen LogP contribution in [0.15, 0.2) is 41.8 Å². The van der Waals surface area contributed by atoms with E-state index in [1.54, 1.807) is 0 Å². The third-order valence-electron chi connectivity index (χ3n) is 3.41. The van der Waals surface area contributed by atoms with Gasteiger partial charge in [0.25, 0.3) is 0 Å². The van der Waals surface area contributed by atoms with E-state index in [1.165, 1.54) is 16.0 Å². The van der Waals surface area contributed by atoms with E-state index < -0.39 is 0 Å². The maximum Gasteiger partial charge on any atom is 0.0300 e. The SMILES string of the molecule is CN(C)CC(C)(C)CNCc1cc(-c2ccccc2)cs1. The molecule has 0 aliphatic rings. The molecule has 0 radical (unpaired) electrons. The Morgan fingerprint density at radius 2 is 1.81 bits per heavy atom. The van der Waals surface area contributed by atoms with E-state index in [9.17, 15) is 0 Å². The third kappa shape index (κ3) is 5.27. The molecule has 0 fully saturated rings. The van der Waals surface area contributed by atoms with Crippen molar-refractivity contribution in [3.05, 3.63) is 46.7 Å². The molecule has 0 saturated heterocycles. The van der Waals surface area contributed by atoms with Crippen LogP contribution < -0.4 is 5.32 Å². The van der Waals surface area contributed by atoms with Gasteiger partial charge >= 0.3 is 0 Å². The molecule has 0 amide bonds. The van der Waals surface area contributed by atoms with Crippen LogP contribution in [0.4, 0.5) is 0 Å². The molecule has 21 heavy (non-hydrogen) atoms. The first-order valence-electron chi connectivity index (χ1n) is 7.44. The van der Waals surface area contributed by atoms with Crippen LogP contribution in [0, 0.1) is 5.41 Å². The van der Waals surface area contributed by atoms with Crippen molar-refractivity contribution < 1.29 is 0 Å². The molecule has 0 spiro atoms. The molecule has 0 unspecified atom stereocenters. The fourth-order valence-electron chi connectivity index (χ4n) is 2.69. The van der Waals surface area contributed by atoms with Crippen LogP contribution in [0.2, 0.25) is 0 Å². The van der Waals surface area contributed by atoms with Crippen LogP contribution in [-0.4, -0.2) is 32.1 Å². The highest BCUT2D eigenvalue weighted by Crippen LogP contribution is 2.25. The van der Waals surface area contributed by atoms with Gasteiger partial charge in [0.15, 0.2) is 0 Å². The fraction of sp³-hybridized carbons (Fsp3) is 0.444. The van der Waals surface area contributed by atoms with Gasteiger partial charge in [0.05, 0.1) is 0 Å². The van der Waals surface area contributed by atoms with E-state index in [2.05, 4.69) is 79.9 Å². The molecule has 0 bridgehead atoms. The predicted molar refractivity (Wildman–Crippen MR) is 93.8 cm³/mol. The monoisotopic (exact) mass is 302 g/mol. The van der Waals surface area contributed by atoms with Crippen LogP contribution in [0.3, 0.4) is 0 Å². The van der Waals surface area contributed by atoms with Crippen LogP contribution in [0.5, 0.6) is 0 Å². The molecule has 2 aromatic rings. The van der Waals surface area contributed by atoms with Crippen molar-refractivity contribution in [3.8, 4) is 11.1 Å². The van der Waals surface area contributed by atoms with Crippen molar-refractivity contribution in [3.63, 3.8) is 0 Å². The van der Waals surface area contributed by atoms with E-state index in [1.807, 2.05) is 11.3 Å². The van der Waals surface area contributed by atoms with Gasteiger partial charge in [-0.3, -0.25) is 0 Å². The van der Waals surface area contributed by atoms with Gasteiger partial charge in [-0.25, -0.2) is 0 Å². The summed E-state index contributed by atoms with van der Waals surface area (Å²) in [4.78, 5) is 3.65. The van der Waals surface area contributed by atoms with Crippen molar-refractivity contribution in [2.45, 2.75) is 20.4 Å². The number of hydrogen-bond acceptors (Lipinski definition) is 3. The Morgan fingerprint density at radius 3 is 2.48 bits per heavy atom. The molecule has 0 aliphatic heterocycles. The number of nitrogens with zero attached hydrogens (tertiary/aromatic N) is 1. The summed E-state index contributed by atoms with van der Waals surface area (Å²) in [7, 11) is 4.26. The lowest BCUT2D eigenvalue weighted by atomic mass is 9.93. The largest absolute Gasteiger partial charge is 0.311 e. The van der Waals surface area contributed by atoms with E-state index >= 15 is 0 Å². The predicted octanol–water partition coefficient (Wildman–Crippen LogP) is 4.09. The van der Waals surface area contributed by atoms with Gasteiger partial charge in [-0.15, -0.1) is 11.3 Å². The average molecular weight is 302 g/mol. The normalized spacial score (nSPS) is 12.0. The van der Waals surface area contributed by atoms with Crippen LogP contribution in [0.1, 0.15) is 18.7 Å². The number of thiophene rings is 1. The Morgan fingerprint density at radius 1 is 1.10 bits per heavy atom. The van der Waals surface area contributed by atoms with E-state index in [-0.39, 0.29) is 0 Å². The number of rotatable bonds is 7. The molecule has 1 N–H and O–H groups in total. The van der Waals surface area contributed by atoms with E-state index in [0.717, 1.165) is 19.6 Å². The summed E-state index contributed by atoms with van der Waals surface area (Å²) in [6.45, 7) is 7.70. The Hall–Kier alpha value is -1.16. The lowest BCUT2D eigenvalue weighted by Gasteiger charge is -2.28. The molecule has 0 atom stereocenters. The number of benzene rings is 1. The van der Waals surface area contributed by atoms with Gasteiger partial charge in [0, 0.05) is 24.5 Å². The second-order valence-electron chi connectivity index (χ2n) is 6.67. The first-order chi connectivity index (χ1) is 9.96. The minimum absolute atomic E-state index is 0.295. The van der Waals surface area contributed by atoms with Crippen LogP contribution in [-0.2, 0) is 6.54 Å². The average Bonchev–Trinajstić information content (AvgIpc) is 2.87. The smallest absolute Gasteiger partial charge is 0.0300 e. The zero-order valence-electron chi connectivity index (χ0n) is 13.5. The minimum Gasteiger partial charge on any atom is -0.311 e. The first-order valence-corrected chi connectivity index (χ1v) is 8.32. The quantitative estimate of drug-likeness (QED) is 0.828. The first kappa shape index (κ1) is 16.2. The highest BCUT2D eigenvalue weighted by molar-refractivity contribution is 7.10. The second-order valence-corrected chi connectivity index (χ2v) is 7.67. The molecule has 1 aromatic carbocycles. The Kier molecular flexibility index (Phi) is 5.57. The zero-order chi connectivity index (χ0) is 15.3. The molecule has 0 saturated carbocycles. The Labute approximate surface area is 132 Å². The number of nitrogens with one attached hydrogen (secondary N) is 1. The standard InChI is InChI=1S/C18H26N2S/c1-18(2,14-20(3)4)13-19-11-17-10-16(12-21-17)15-8-6-5-7-9-15/h5-10,12,19H,11,13-14H2,1-4H3. The molecular weight excluding hydrogens is 276 g/mol. The summed E-state index contributed by atoms with van der Waals surface area (Å²) in [5, 5.41) is 5.84. The van der Waals surface area contributed by atoms with Gasteiger partial charge in [0.1, 0.15) is 0 Å². The lowest BCUT2D eigenvalue weighted by molar-refractivity contribution is 0.232. The molecule has 3 heteroatoms. The topological polar surface area (TPSA) is 15.3 Å². The number of hydrogen-bond donors (Lipinski definition) is 1. The Balaban J connectivity index is 1.86. The minimum atomic E-state index is 0.295. The maximum atomic E-state index is 3.60. The summed E-state index contributed by atoms with van der Waals surface area (Å²) < 4.78 is 0. The van der Waals surface area contributed by atoms with Gasteiger partial charge < -0.3 is 10.2 Å². The van der Waals surface area contributed by atoms with Crippen molar-refractivity contribution in [2.75, 3.05) is 27.2 Å². The van der Waals surface area contributed by atoms with Crippen LogP contribution in [0.25, 0.3) is 11.1 Å². The summed E-state index contributed by atoms with van der Waals surface area (Å²) in [5.74, 6) is 0. The molecule has 1 heterocycles. The fourth-order valence-corrected chi connectivity index (χ4v) is 3.55. The summed E-state index contributed by atoms with van der Waals surface area (Å²) in [6, 6.07) is 12.9. The summed E-state index contributed by atoms with van der Waals surface area (Å²) in [5.41, 5.74) is 2.92. The van der Waals surface area contributed by atoms with Crippen LogP contribution >= 0.6 is 11.3 Å². The van der Waals surface area contributed by atoms with E-state index in [0.29, 0.717) is 5.41 Å². The molecular formula is C18H26N2S. The molecule has 2 nitrogen and oxygen atoms in total. The van der Waals surface area contributed by atoms with Gasteiger partial charge in [0.2, 0.25) is 0 Å². The van der Waals surface area contributed by atoms with Gasteiger partial charge in [-0.1, -0.05) is 44.2 Å². The zero-order valence-corrected chi connectivity index (χ0v) is 14.3. The lowest BCUT2D eigenvalue weighted by Crippen LogP contribution is -2.37. The molecule has 0 aliphatic carbocycles. The van der Waals surface area contributed by atoms with Crippen molar-refractivity contribution in [1.82, 2.24) is 10.2 Å². The molecule has 114 valence electrons. The third-order valence-corrected chi connectivity index (χ3v) is 4.34. The van der Waals surface area contributed by atoms with E-state index in [4.69, 9.17) is 0 Å². The Bertz CT molecular complexity index is 543. The summed E-state index contributed by atoms with van der Waals surface area (Å²) >= 11 is 1.84. The maximum absolute atomic E-state index is 3.60. The highest BCUT2D eigenvalue weighted by atomic mass is 32.1. The molecule has 1 aromatic heterocycles. The molecule has 2 rings (SSSR count). The van der Waals surface area contributed by atoms with Crippen molar-refractivity contribution >= 4 is 11.3 Å². The van der Waals surface area contributed by atoms with Gasteiger partial charge in [-0.2, -0.15) is 0 Å². The highest BCUT2D eigenvalue weighted by Gasteiger charge is 2.18. The van der Waals surface area contributed by atoms with Crippen molar-refractivity contribution in [1.29, 1.82) is 0 Å². The van der Waals surface area contributed by atoms with Gasteiger partial charge in [-0.05, 0) is 42.1 Å². The summed E-state index contributed by atoms with van der Waals surface area (Å²) in [6.07, 6.45) is 0. The second kappa shape index (κ2) is 7.21. The van der Waals surface area contributed by atoms with Crippen molar-refractivity contribution in [2.24, 2.45) is 5.41 Å².